The molecule has 0 aromatic rings. The van der Waals surface area contributed by atoms with Gasteiger partial charge in [0.25, 0.3) is 10.2 Å². The Morgan fingerprint density at radius 3 is 2.24 bits per heavy atom. The third kappa shape index (κ3) is 3.78. The van der Waals surface area contributed by atoms with Crippen LogP contribution in [0.5, 0.6) is 0 Å². The highest BCUT2D eigenvalue weighted by Gasteiger charge is 2.42. The smallest absolute Gasteiger partial charge is 0.282 e. The molecule has 1 aliphatic carbocycles. The molecule has 6 heteroatoms. The maximum absolute atomic E-state index is 13.0. The lowest BCUT2D eigenvalue weighted by atomic mass is 9.98. The number of nitrogens with zero attached hydrogens (tertiary/aromatic N) is 2. The second-order valence-electron chi connectivity index (χ2n) is 7.08. The average Bonchev–Trinajstić information content (AvgIpc) is 3.31. The Labute approximate surface area is 129 Å². The van der Waals surface area contributed by atoms with E-state index >= 15 is 0 Å². The SMILES string of the molecule is CC1CCN(S(=O)(=O)N(CC2CCNCC2)C2CC2)CC1. The molecule has 0 spiro atoms. The summed E-state index contributed by atoms with van der Waals surface area (Å²) in [6.07, 6.45) is 6.32. The zero-order chi connectivity index (χ0) is 14.9. The lowest BCUT2D eigenvalue weighted by Crippen LogP contribution is -2.50. The van der Waals surface area contributed by atoms with Crippen molar-refractivity contribution in [2.45, 2.75) is 51.5 Å². The topological polar surface area (TPSA) is 52.7 Å². The molecule has 0 atom stereocenters. The summed E-state index contributed by atoms with van der Waals surface area (Å²) < 4.78 is 29.6. The van der Waals surface area contributed by atoms with Crippen LogP contribution in [0.1, 0.15) is 45.4 Å². The molecule has 2 aliphatic heterocycles. The first-order valence-corrected chi connectivity index (χ1v) is 9.94. The fourth-order valence-electron chi connectivity index (χ4n) is 3.48. The van der Waals surface area contributed by atoms with E-state index in [9.17, 15) is 8.42 Å². The van der Waals surface area contributed by atoms with Gasteiger partial charge < -0.3 is 5.32 Å². The summed E-state index contributed by atoms with van der Waals surface area (Å²) in [5.41, 5.74) is 0. The van der Waals surface area contributed by atoms with Gasteiger partial charge in [0.1, 0.15) is 0 Å². The van der Waals surface area contributed by atoms with Crippen LogP contribution in [0.15, 0.2) is 0 Å². The molecule has 5 nitrogen and oxygen atoms in total. The Kier molecular flexibility index (Phi) is 4.88. The Morgan fingerprint density at radius 1 is 1.05 bits per heavy atom. The van der Waals surface area contributed by atoms with Gasteiger partial charge in [-0.2, -0.15) is 17.0 Å². The molecule has 0 aromatic heterocycles. The van der Waals surface area contributed by atoms with Crippen molar-refractivity contribution in [3.8, 4) is 0 Å². The molecule has 21 heavy (non-hydrogen) atoms. The van der Waals surface area contributed by atoms with Gasteiger partial charge >= 0.3 is 0 Å². The quantitative estimate of drug-likeness (QED) is 0.835. The summed E-state index contributed by atoms with van der Waals surface area (Å²) in [5.74, 6) is 1.19. The molecule has 1 N–H and O–H groups in total. The minimum atomic E-state index is -3.24. The monoisotopic (exact) mass is 315 g/mol. The Hall–Kier alpha value is -0.170. The van der Waals surface area contributed by atoms with Crippen molar-refractivity contribution in [1.82, 2.24) is 13.9 Å². The van der Waals surface area contributed by atoms with E-state index in [1.54, 1.807) is 4.31 Å². The van der Waals surface area contributed by atoms with Gasteiger partial charge in [0.2, 0.25) is 0 Å². The molecular weight excluding hydrogens is 286 g/mol. The molecule has 0 amide bonds. The second kappa shape index (κ2) is 6.52. The minimum absolute atomic E-state index is 0.282. The van der Waals surface area contributed by atoms with E-state index in [0.717, 1.165) is 58.2 Å². The molecule has 122 valence electrons. The summed E-state index contributed by atoms with van der Waals surface area (Å²) in [6, 6.07) is 0.282. The first-order chi connectivity index (χ1) is 10.1. The molecule has 1 saturated carbocycles. The third-order valence-corrected chi connectivity index (χ3v) is 7.27. The maximum atomic E-state index is 13.0. The van der Waals surface area contributed by atoms with Crippen molar-refractivity contribution in [1.29, 1.82) is 0 Å². The van der Waals surface area contributed by atoms with E-state index in [1.807, 2.05) is 4.31 Å². The van der Waals surface area contributed by atoms with Gasteiger partial charge in [0.05, 0.1) is 0 Å². The van der Waals surface area contributed by atoms with E-state index in [4.69, 9.17) is 0 Å². The largest absolute Gasteiger partial charge is 0.317 e. The average molecular weight is 315 g/mol. The second-order valence-corrected chi connectivity index (χ2v) is 8.96. The molecule has 0 unspecified atom stereocenters. The molecule has 0 bridgehead atoms. The number of hydrogen-bond acceptors (Lipinski definition) is 3. The van der Waals surface area contributed by atoms with E-state index in [2.05, 4.69) is 12.2 Å². The number of hydrogen-bond donors (Lipinski definition) is 1. The van der Waals surface area contributed by atoms with E-state index in [1.165, 1.54) is 0 Å². The molecule has 2 heterocycles. The standard InChI is InChI=1S/C15H29N3O2S/c1-13-6-10-17(11-7-13)21(19,20)18(15-2-3-15)12-14-4-8-16-9-5-14/h13-16H,2-12H2,1H3. The normalized spacial score (nSPS) is 27.3. The Morgan fingerprint density at radius 2 is 1.67 bits per heavy atom. The van der Waals surface area contributed by atoms with Gasteiger partial charge in [0.15, 0.2) is 0 Å². The Bertz CT molecular complexity index is 436. The first kappa shape index (κ1) is 15.7. The molecule has 0 radical (unpaired) electrons. The van der Waals surface area contributed by atoms with Crippen molar-refractivity contribution in [3.05, 3.63) is 0 Å². The fourth-order valence-corrected chi connectivity index (χ4v) is 5.43. The zero-order valence-corrected chi connectivity index (χ0v) is 13.9. The van der Waals surface area contributed by atoms with Gasteiger partial charge in [-0.3, -0.25) is 0 Å². The summed E-state index contributed by atoms with van der Waals surface area (Å²) in [5, 5.41) is 3.36. The predicted octanol–water partition coefficient (Wildman–Crippen LogP) is 1.43. The summed E-state index contributed by atoms with van der Waals surface area (Å²) in [6.45, 7) is 6.44. The highest BCUT2D eigenvalue weighted by Crippen LogP contribution is 2.33. The lowest BCUT2D eigenvalue weighted by molar-refractivity contribution is 0.238. The van der Waals surface area contributed by atoms with Crippen LogP contribution in [0, 0.1) is 11.8 Å². The maximum Gasteiger partial charge on any atom is 0.282 e. The molecule has 3 fully saturated rings. The van der Waals surface area contributed by atoms with Gasteiger partial charge in [-0.05, 0) is 63.5 Å². The van der Waals surface area contributed by atoms with Crippen molar-refractivity contribution < 1.29 is 8.42 Å². The Balaban J connectivity index is 1.67. The van der Waals surface area contributed by atoms with Crippen LogP contribution < -0.4 is 5.32 Å². The molecule has 0 aromatic carbocycles. The van der Waals surface area contributed by atoms with Crippen molar-refractivity contribution in [3.63, 3.8) is 0 Å². The minimum Gasteiger partial charge on any atom is -0.317 e. The lowest BCUT2D eigenvalue weighted by Gasteiger charge is -2.36. The third-order valence-electron chi connectivity index (χ3n) is 5.22. The van der Waals surface area contributed by atoms with E-state index in [0.29, 0.717) is 24.9 Å². The highest BCUT2D eigenvalue weighted by atomic mass is 32.2. The first-order valence-electron chi connectivity index (χ1n) is 8.55. The number of rotatable bonds is 5. The predicted molar refractivity (Wildman–Crippen MR) is 84.2 cm³/mol. The van der Waals surface area contributed by atoms with Gasteiger partial charge in [-0.15, -0.1) is 0 Å². The van der Waals surface area contributed by atoms with E-state index < -0.39 is 10.2 Å². The molecule has 3 aliphatic rings. The molecule has 2 saturated heterocycles. The molecule has 3 rings (SSSR count). The van der Waals surface area contributed by atoms with E-state index in [-0.39, 0.29) is 6.04 Å². The number of nitrogens with one attached hydrogen (secondary N) is 1. The molecular formula is C15H29N3O2S. The van der Waals surface area contributed by atoms with Crippen LogP contribution in [0.3, 0.4) is 0 Å². The zero-order valence-electron chi connectivity index (χ0n) is 13.1. The summed E-state index contributed by atoms with van der Waals surface area (Å²) in [4.78, 5) is 0. The number of piperidine rings is 2. The van der Waals surface area contributed by atoms with Crippen molar-refractivity contribution in [2.75, 3.05) is 32.7 Å². The van der Waals surface area contributed by atoms with Crippen LogP contribution >= 0.6 is 0 Å². The van der Waals surface area contributed by atoms with Gasteiger partial charge in [-0.25, -0.2) is 0 Å². The van der Waals surface area contributed by atoms with Crippen LogP contribution in [-0.4, -0.2) is 55.8 Å². The van der Waals surface area contributed by atoms with Crippen LogP contribution in [0.4, 0.5) is 0 Å². The summed E-state index contributed by atoms with van der Waals surface area (Å²) >= 11 is 0. The van der Waals surface area contributed by atoms with Gasteiger partial charge in [0, 0.05) is 25.7 Å². The fraction of sp³-hybridized carbons (Fsp3) is 1.00. The van der Waals surface area contributed by atoms with Crippen LogP contribution in [0.2, 0.25) is 0 Å². The highest BCUT2D eigenvalue weighted by molar-refractivity contribution is 7.86. The van der Waals surface area contributed by atoms with Crippen LogP contribution in [0.25, 0.3) is 0 Å². The van der Waals surface area contributed by atoms with Crippen LogP contribution in [-0.2, 0) is 10.2 Å². The van der Waals surface area contributed by atoms with Crippen molar-refractivity contribution >= 4 is 10.2 Å². The van der Waals surface area contributed by atoms with Gasteiger partial charge in [-0.1, -0.05) is 6.92 Å². The van der Waals surface area contributed by atoms with Crippen molar-refractivity contribution in [2.24, 2.45) is 11.8 Å². The summed E-state index contributed by atoms with van der Waals surface area (Å²) in [7, 11) is -3.24.